The fraction of sp³-hybridized carbons (Fsp3) is 0.594. The van der Waals surface area contributed by atoms with Crippen molar-refractivity contribution in [3.8, 4) is 0 Å². The average molecular weight is 582 g/mol. The van der Waals surface area contributed by atoms with Gasteiger partial charge in [-0.15, -0.1) is 11.8 Å². The number of fused-ring (bicyclic) bond motifs is 2. The van der Waals surface area contributed by atoms with Gasteiger partial charge in [-0.05, 0) is 64.3 Å². The molecule has 0 aliphatic carbocycles. The van der Waals surface area contributed by atoms with Crippen LogP contribution in [0.4, 0.5) is 11.4 Å². The van der Waals surface area contributed by atoms with Crippen molar-refractivity contribution in [1.82, 2.24) is 4.90 Å². The minimum atomic E-state index is -0.873. The molecular formula is C32H43N3O5S. The van der Waals surface area contributed by atoms with E-state index in [1.165, 1.54) is 0 Å². The summed E-state index contributed by atoms with van der Waals surface area (Å²) in [5, 5.41) is 9.19. The molecule has 9 heteroatoms. The molecule has 2 fully saturated rings. The number of nitrogens with zero attached hydrogens (tertiary/aromatic N) is 3. The van der Waals surface area contributed by atoms with E-state index in [2.05, 4.69) is 43.0 Å². The molecule has 0 bridgehead atoms. The Labute approximate surface area is 247 Å². The first kappa shape index (κ1) is 29.7. The van der Waals surface area contributed by atoms with Crippen LogP contribution < -0.4 is 9.80 Å². The molecule has 2 saturated heterocycles. The van der Waals surface area contributed by atoms with E-state index < -0.39 is 27.4 Å². The highest BCUT2D eigenvalue weighted by molar-refractivity contribution is 8.02. The average Bonchev–Trinajstić information content (AvgIpc) is 3.27. The largest absolute Gasteiger partial charge is 0.465 e. The third-order valence-electron chi connectivity index (χ3n) is 9.12. The maximum absolute atomic E-state index is 14.6. The van der Waals surface area contributed by atoms with Crippen molar-refractivity contribution >= 4 is 40.9 Å². The minimum Gasteiger partial charge on any atom is -0.465 e. The van der Waals surface area contributed by atoms with Crippen molar-refractivity contribution in [3.05, 3.63) is 48.6 Å². The number of aliphatic hydroxyl groups excluding tert-OH is 1. The number of thioether (sulfide) groups is 1. The normalized spacial score (nSPS) is 30.8. The number of aliphatic hydroxyl groups is 1. The van der Waals surface area contributed by atoms with Crippen LogP contribution in [0.15, 0.2) is 48.6 Å². The number of anilines is 2. The fourth-order valence-electron chi connectivity index (χ4n) is 7.14. The van der Waals surface area contributed by atoms with E-state index in [9.17, 15) is 19.5 Å². The molecule has 0 radical (unpaired) electrons. The molecule has 2 amide bonds. The van der Waals surface area contributed by atoms with Crippen LogP contribution in [0.1, 0.15) is 52.9 Å². The Bertz CT molecular complexity index is 1200. The van der Waals surface area contributed by atoms with Gasteiger partial charge in [0.25, 0.3) is 5.91 Å². The highest BCUT2D eigenvalue weighted by Crippen LogP contribution is 2.65. The summed E-state index contributed by atoms with van der Waals surface area (Å²) in [6.45, 7) is 9.34. The molecule has 4 aliphatic rings. The predicted molar refractivity (Wildman–Crippen MR) is 163 cm³/mol. The van der Waals surface area contributed by atoms with Crippen molar-refractivity contribution in [2.75, 3.05) is 49.2 Å². The van der Waals surface area contributed by atoms with E-state index in [4.69, 9.17) is 4.74 Å². The molecule has 41 heavy (non-hydrogen) atoms. The highest BCUT2D eigenvalue weighted by Gasteiger charge is 2.73. The molecule has 8 nitrogen and oxygen atoms in total. The number of rotatable bonds is 10. The monoisotopic (exact) mass is 581 g/mol. The van der Waals surface area contributed by atoms with Crippen molar-refractivity contribution in [3.63, 3.8) is 0 Å². The van der Waals surface area contributed by atoms with Gasteiger partial charge in [-0.25, -0.2) is 0 Å². The number of amides is 2. The Morgan fingerprint density at radius 2 is 1.71 bits per heavy atom. The van der Waals surface area contributed by atoms with Crippen LogP contribution in [0, 0.1) is 11.8 Å². The van der Waals surface area contributed by atoms with E-state index in [-0.39, 0.29) is 24.4 Å². The molecule has 4 aliphatic heterocycles. The van der Waals surface area contributed by atoms with Gasteiger partial charge in [0.2, 0.25) is 5.91 Å². The molecular weight excluding hydrogens is 538 g/mol. The number of cyclic esters (lactones) is 1. The predicted octanol–water partition coefficient (Wildman–Crippen LogP) is 4.18. The van der Waals surface area contributed by atoms with Gasteiger partial charge in [0.05, 0.1) is 23.2 Å². The molecule has 0 aromatic heterocycles. The zero-order valence-electron chi connectivity index (χ0n) is 24.5. The molecule has 1 aromatic rings. The molecule has 1 aromatic carbocycles. The molecule has 4 heterocycles. The first-order valence-electron chi connectivity index (χ1n) is 15.1. The summed E-state index contributed by atoms with van der Waals surface area (Å²) < 4.78 is 4.10. The van der Waals surface area contributed by atoms with Crippen molar-refractivity contribution in [2.24, 2.45) is 11.8 Å². The zero-order chi connectivity index (χ0) is 29.2. The van der Waals surface area contributed by atoms with Gasteiger partial charge >= 0.3 is 5.97 Å². The van der Waals surface area contributed by atoms with E-state index in [1.807, 2.05) is 31.2 Å². The lowest BCUT2D eigenvalue weighted by atomic mass is 9.74. The molecule has 1 N–H and O–H groups in total. The second kappa shape index (κ2) is 12.2. The lowest BCUT2D eigenvalue weighted by Gasteiger charge is -2.37. The summed E-state index contributed by atoms with van der Waals surface area (Å²) in [5.41, 5.74) is 1.90. The van der Waals surface area contributed by atoms with Gasteiger partial charge in [0.15, 0.2) is 0 Å². The topological polar surface area (TPSA) is 90.4 Å². The summed E-state index contributed by atoms with van der Waals surface area (Å²) in [4.78, 5) is 48.2. The number of carbonyl (C=O) groups is 3. The second-order valence-corrected chi connectivity index (χ2v) is 13.4. The smallest absolute Gasteiger partial charge is 0.311 e. The van der Waals surface area contributed by atoms with E-state index in [1.54, 1.807) is 21.6 Å². The first-order chi connectivity index (χ1) is 19.8. The van der Waals surface area contributed by atoms with Gasteiger partial charge in [0, 0.05) is 48.9 Å². The highest BCUT2D eigenvalue weighted by atomic mass is 32.2. The van der Waals surface area contributed by atoms with Gasteiger partial charge in [0.1, 0.15) is 6.04 Å². The number of ether oxygens (including phenoxy) is 1. The quantitative estimate of drug-likeness (QED) is 0.252. The number of hydrogen-bond acceptors (Lipinski definition) is 7. The van der Waals surface area contributed by atoms with Crippen LogP contribution >= 0.6 is 11.8 Å². The number of carbonyl (C=O) groups excluding carboxylic acids is 3. The standard InChI is InChI=1S/C32H43N3O5S/c1-4-33(5-2)23-13-15-24(16-14-23)34-20-12-18-32-25(26-30(39)40-22-11-8-17-31(26,3)41-32)28(37)35(27(32)29(34)38)19-9-6-7-10-21-36/h8,12-18,25-27,36H,4-7,9-11,19-22H2,1-3H3/t25-,26+,27?,31-,32-/m0/s1. The van der Waals surface area contributed by atoms with E-state index >= 15 is 0 Å². The lowest BCUT2D eigenvalue weighted by molar-refractivity contribution is -0.154. The Kier molecular flexibility index (Phi) is 8.85. The number of hydrogen-bond donors (Lipinski definition) is 1. The van der Waals surface area contributed by atoms with Crippen LogP contribution in [-0.4, -0.2) is 82.7 Å². The number of esters is 1. The zero-order valence-corrected chi connectivity index (χ0v) is 25.3. The summed E-state index contributed by atoms with van der Waals surface area (Å²) in [7, 11) is 0. The molecule has 222 valence electrons. The van der Waals surface area contributed by atoms with Crippen LogP contribution in [-0.2, 0) is 19.1 Å². The fourth-order valence-corrected chi connectivity index (χ4v) is 9.29. The molecule has 5 rings (SSSR count). The van der Waals surface area contributed by atoms with Gasteiger partial charge in [-0.1, -0.05) is 37.1 Å². The Morgan fingerprint density at radius 1 is 0.976 bits per heavy atom. The maximum atomic E-state index is 14.6. The van der Waals surface area contributed by atoms with Crippen LogP contribution in [0.3, 0.4) is 0 Å². The molecule has 0 saturated carbocycles. The van der Waals surface area contributed by atoms with Crippen molar-refractivity contribution < 1.29 is 24.2 Å². The summed E-state index contributed by atoms with van der Waals surface area (Å²) in [6.07, 6.45) is 12.0. The van der Waals surface area contributed by atoms with Crippen LogP contribution in [0.25, 0.3) is 0 Å². The SMILES string of the molecule is CCN(CC)c1ccc(N2CC=C[C@]34S[C@@]5(C)C=CCCOC(=O)[C@H]5[C@H]3C(=O)N(CCCCCCO)C4C2=O)cc1. The van der Waals surface area contributed by atoms with E-state index in [0.29, 0.717) is 26.1 Å². The maximum Gasteiger partial charge on any atom is 0.311 e. The Morgan fingerprint density at radius 3 is 2.41 bits per heavy atom. The first-order valence-corrected chi connectivity index (χ1v) is 15.9. The van der Waals surface area contributed by atoms with Gasteiger partial charge in [-0.3, -0.25) is 14.4 Å². The molecule has 1 unspecified atom stereocenters. The lowest BCUT2D eigenvalue weighted by Crippen LogP contribution is -2.53. The molecule has 1 spiro atoms. The molecule has 5 atom stereocenters. The van der Waals surface area contributed by atoms with E-state index in [0.717, 1.165) is 50.1 Å². The van der Waals surface area contributed by atoms with Crippen LogP contribution in [0.2, 0.25) is 0 Å². The van der Waals surface area contributed by atoms with Gasteiger partial charge < -0.3 is 24.5 Å². The Balaban J connectivity index is 1.53. The minimum absolute atomic E-state index is 0.112. The summed E-state index contributed by atoms with van der Waals surface area (Å²) in [5.74, 6) is -1.95. The summed E-state index contributed by atoms with van der Waals surface area (Å²) >= 11 is 1.58. The van der Waals surface area contributed by atoms with Gasteiger partial charge in [-0.2, -0.15) is 0 Å². The number of unbranched alkanes of at least 4 members (excludes halogenated alkanes) is 3. The summed E-state index contributed by atoms with van der Waals surface area (Å²) in [6, 6.07) is 7.35. The van der Waals surface area contributed by atoms with Crippen molar-refractivity contribution in [1.29, 1.82) is 0 Å². The number of benzene rings is 1. The second-order valence-electron chi connectivity index (χ2n) is 11.6. The van der Waals surface area contributed by atoms with Crippen LogP contribution in [0.5, 0.6) is 0 Å². The third kappa shape index (κ3) is 5.20. The third-order valence-corrected chi connectivity index (χ3v) is 10.9. The van der Waals surface area contributed by atoms with Crippen molar-refractivity contribution in [2.45, 2.75) is 68.4 Å². The number of likely N-dealkylation sites (tertiary alicyclic amines) is 1. The Hall–Kier alpha value is -2.78.